The molecule has 5 atom stereocenters. The molecular weight excluding hydrogens is 494 g/mol. The van der Waals surface area contributed by atoms with Gasteiger partial charge in [0.1, 0.15) is 31.0 Å². The van der Waals surface area contributed by atoms with Gasteiger partial charge in [-0.1, -0.05) is 92.8 Å². The number of benzene rings is 2. The van der Waals surface area contributed by atoms with E-state index in [1.54, 1.807) is 0 Å². The molecule has 1 fully saturated rings. The van der Waals surface area contributed by atoms with E-state index in [1.165, 1.54) is 20.3 Å². The van der Waals surface area contributed by atoms with Gasteiger partial charge in [0, 0.05) is 20.3 Å². The summed E-state index contributed by atoms with van der Waals surface area (Å²) in [5.74, 6) is 5.84. The van der Waals surface area contributed by atoms with Gasteiger partial charge < -0.3 is 24.3 Å². The first-order valence-electron chi connectivity index (χ1n) is 13.8. The highest BCUT2D eigenvalue weighted by Crippen LogP contribution is 2.28. The Bertz CT molecular complexity index is 1060. The lowest BCUT2D eigenvalue weighted by atomic mass is 9.92. The lowest BCUT2D eigenvalue weighted by Crippen LogP contribution is -2.65. The number of unbranched alkanes of at least 4 members (excludes halogenated alkanes) is 4. The van der Waals surface area contributed by atoms with Gasteiger partial charge in [-0.3, -0.25) is 9.59 Å². The van der Waals surface area contributed by atoms with E-state index in [-0.39, 0.29) is 12.5 Å². The van der Waals surface area contributed by atoms with E-state index < -0.39 is 36.4 Å². The van der Waals surface area contributed by atoms with E-state index in [0.29, 0.717) is 13.2 Å². The van der Waals surface area contributed by atoms with Crippen LogP contribution >= 0.6 is 0 Å². The Morgan fingerprint density at radius 1 is 0.872 bits per heavy atom. The maximum atomic E-state index is 12.3. The predicted molar refractivity (Wildman–Crippen MR) is 149 cm³/mol. The van der Waals surface area contributed by atoms with Crippen molar-refractivity contribution >= 4 is 11.9 Å². The lowest BCUT2D eigenvalue weighted by Gasteiger charge is -2.45. The summed E-state index contributed by atoms with van der Waals surface area (Å²) in [5.41, 5.74) is 1.97. The molecule has 1 aliphatic rings. The lowest BCUT2D eigenvalue weighted by molar-refractivity contribution is -0.221. The maximum Gasteiger partial charge on any atom is 0.302 e. The van der Waals surface area contributed by atoms with E-state index >= 15 is 0 Å². The molecule has 0 aliphatic carbocycles. The van der Waals surface area contributed by atoms with Crippen molar-refractivity contribution in [3.8, 4) is 11.8 Å². The molecule has 3 rings (SSSR count). The topological polar surface area (TPSA) is 83.1 Å². The third-order valence-electron chi connectivity index (χ3n) is 6.48. The van der Waals surface area contributed by atoms with E-state index in [4.69, 9.17) is 18.9 Å². The van der Waals surface area contributed by atoms with Crippen LogP contribution in [0.15, 0.2) is 60.7 Å². The van der Waals surface area contributed by atoms with Gasteiger partial charge in [-0.05, 0) is 17.5 Å². The van der Waals surface area contributed by atoms with E-state index in [1.807, 2.05) is 60.7 Å². The highest BCUT2D eigenvalue weighted by molar-refractivity contribution is 5.73. The van der Waals surface area contributed by atoms with Crippen LogP contribution in [0.2, 0.25) is 0 Å². The zero-order chi connectivity index (χ0) is 27.9. The first kappa shape index (κ1) is 30.4. The Morgan fingerprint density at radius 3 is 2.05 bits per heavy atom. The molecule has 1 N–H and O–H groups in total. The van der Waals surface area contributed by atoms with Crippen LogP contribution in [0, 0.1) is 11.8 Å². The van der Waals surface area contributed by atoms with Crippen LogP contribution in [-0.4, -0.2) is 48.9 Å². The van der Waals surface area contributed by atoms with Gasteiger partial charge in [0.25, 0.3) is 0 Å². The van der Waals surface area contributed by atoms with Crippen molar-refractivity contribution in [2.75, 3.05) is 6.61 Å². The standard InChI is InChI=1S/C32H41NO6/c1-4-5-6-7-8-15-20-28-30(33-24(2)34)32(38-22-27-18-13-10-14-19-27)31(29(39-28)23-36-25(3)35)37-21-26-16-11-9-12-17-26/h9-14,16-19,28-32H,4-8,21-23H2,1-3H3,(H,33,34)/t28-,29-,30+,31-,32-/m1/s1. The first-order valence-corrected chi connectivity index (χ1v) is 13.8. The van der Waals surface area contributed by atoms with Crippen molar-refractivity contribution in [3.63, 3.8) is 0 Å². The number of amides is 1. The van der Waals surface area contributed by atoms with Gasteiger partial charge in [-0.2, -0.15) is 0 Å². The number of carbonyl (C=O) groups excluding carboxylic acids is 2. The second kappa shape index (κ2) is 16.7. The minimum Gasteiger partial charge on any atom is -0.463 e. The molecule has 0 bridgehead atoms. The third-order valence-corrected chi connectivity index (χ3v) is 6.48. The maximum absolute atomic E-state index is 12.3. The molecule has 0 saturated carbocycles. The summed E-state index contributed by atoms with van der Waals surface area (Å²) in [6.45, 7) is 5.60. The Hall–Kier alpha value is -3.18. The number of esters is 1. The highest BCUT2D eigenvalue weighted by atomic mass is 16.6. The van der Waals surface area contributed by atoms with Crippen LogP contribution < -0.4 is 5.32 Å². The predicted octanol–water partition coefficient (Wildman–Crippen LogP) is 4.97. The summed E-state index contributed by atoms with van der Waals surface area (Å²) in [5, 5.41) is 3.01. The van der Waals surface area contributed by atoms with Crippen LogP contribution in [0.1, 0.15) is 64.0 Å². The molecule has 2 aromatic rings. The minimum absolute atomic E-state index is 0.0124. The summed E-state index contributed by atoms with van der Waals surface area (Å²) in [4.78, 5) is 24.0. The summed E-state index contributed by atoms with van der Waals surface area (Å²) in [6, 6.07) is 19.0. The van der Waals surface area contributed by atoms with Gasteiger partial charge in [0.05, 0.1) is 19.3 Å². The van der Waals surface area contributed by atoms with E-state index in [0.717, 1.165) is 36.8 Å². The highest BCUT2D eigenvalue weighted by Gasteiger charge is 2.48. The zero-order valence-corrected chi connectivity index (χ0v) is 23.3. The average molecular weight is 536 g/mol. The quantitative estimate of drug-likeness (QED) is 0.222. The number of nitrogens with one attached hydrogen (secondary N) is 1. The fourth-order valence-corrected chi connectivity index (χ4v) is 4.54. The smallest absolute Gasteiger partial charge is 0.302 e. The molecule has 1 aliphatic heterocycles. The van der Waals surface area contributed by atoms with Crippen molar-refractivity contribution < 1.29 is 28.5 Å². The average Bonchev–Trinajstić information content (AvgIpc) is 2.93. The van der Waals surface area contributed by atoms with Crippen LogP contribution in [0.5, 0.6) is 0 Å². The van der Waals surface area contributed by atoms with Gasteiger partial charge in [0.2, 0.25) is 5.91 Å². The third kappa shape index (κ3) is 10.5. The number of carbonyl (C=O) groups is 2. The first-order chi connectivity index (χ1) is 19.0. The summed E-state index contributed by atoms with van der Waals surface area (Å²) < 4.78 is 24.7. The largest absolute Gasteiger partial charge is 0.463 e. The second-order valence-electron chi connectivity index (χ2n) is 9.78. The molecule has 7 heteroatoms. The number of ether oxygens (including phenoxy) is 4. The molecule has 1 saturated heterocycles. The fraction of sp³-hybridized carbons (Fsp3) is 0.500. The second-order valence-corrected chi connectivity index (χ2v) is 9.78. The molecule has 1 amide bonds. The van der Waals surface area contributed by atoms with Gasteiger partial charge in [-0.15, -0.1) is 5.92 Å². The summed E-state index contributed by atoms with van der Waals surface area (Å²) >= 11 is 0. The van der Waals surface area contributed by atoms with Crippen molar-refractivity contribution in [1.29, 1.82) is 0 Å². The Morgan fingerprint density at radius 2 is 1.49 bits per heavy atom. The van der Waals surface area contributed by atoms with E-state index in [9.17, 15) is 9.59 Å². The molecule has 2 aromatic carbocycles. The van der Waals surface area contributed by atoms with Gasteiger partial charge >= 0.3 is 5.97 Å². The van der Waals surface area contributed by atoms with Crippen LogP contribution in [0.25, 0.3) is 0 Å². The minimum atomic E-state index is -0.655. The van der Waals surface area contributed by atoms with Gasteiger partial charge in [-0.25, -0.2) is 0 Å². The SMILES string of the molecule is CCCCCCC#C[C@H]1O[C@H](COC(C)=O)[C@@H](OCc2ccccc2)[C@H](OCc2ccccc2)[C@H]1NC(C)=O. The monoisotopic (exact) mass is 535 g/mol. The molecule has 210 valence electrons. The Labute approximate surface area is 232 Å². The summed E-state index contributed by atoms with van der Waals surface area (Å²) in [7, 11) is 0. The molecule has 1 heterocycles. The van der Waals surface area contributed by atoms with Crippen LogP contribution in [0.3, 0.4) is 0 Å². The molecule has 0 unspecified atom stereocenters. The molecule has 0 aromatic heterocycles. The van der Waals surface area contributed by atoms with Crippen LogP contribution in [-0.2, 0) is 41.8 Å². The zero-order valence-electron chi connectivity index (χ0n) is 23.3. The number of hydrogen-bond acceptors (Lipinski definition) is 6. The normalized spacial score (nSPS) is 22.4. The number of rotatable bonds is 13. The molecule has 0 spiro atoms. The van der Waals surface area contributed by atoms with E-state index in [2.05, 4.69) is 24.1 Å². The molecule has 7 nitrogen and oxygen atoms in total. The van der Waals surface area contributed by atoms with Crippen molar-refractivity contribution in [2.45, 2.75) is 96.5 Å². The van der Waals surface area contributed by atoms with Crippen molar-refractivity contribution in [3.05, 3.63) is 71.8 Å². The summed E-state index contributed by atoms with van der Waals surface area (Å²) in [6.07, 6.45) is 2.68. The fourth-order valence-electron chi connectivity index (χ4n) is 4.54. The number of hydrogen-bond donors (Lipinski definition) is 1. The molecule has 0 radical (unpaired) electrons. The van der Waals surface area contributed by atoms with Crippen molar-refractivity contribution in [1.82, 2.24) is 5.32 Å². The molecular formula is C32H41NO6. The Kier molecular flexibility index (Phi) is 13.0. The Balaban J connectivity index is 1.90. The van der Waals surface area contributed by atoms with Crippen LogP contribution in [0.4, 0.5) is 0 Å². The van der Waals surface area contributed by atoms with Crippen molar-refractivity contribution in [2.24, 2.45) is 0 Å². The molecule has 39 heavy (non-hydrogen) atoms. The van der Waals surface area contributed by atoms with Gasteiger partial charge in [0.15, 0.2) is 0 Å².